The molecule has 3 nitrogen and oxygen atoms in total. The van der Waals surface area contributed by atoms with Gasteiger partial charge in [-0.15, -0.1) is 0 Å². The zero-order valence-corrected chi connectivity index (χ0v) is 9.95. The third-order valence-electron chi connectivity index (χ3n) is 3.12. The van der Waals surface area contributed by atoms with Crippen molar-refractivity contribution in [2.24, 2.45) is 5.92 Å². The third-order valence-corrected chi connectivity index (χ3v) is 3.12. The molecule has 3 heteroatoms. The number of piperidine rings is 1. The minimum atomic E-state index is -0.259. The molecular weight excluding hydrogens is 190 g/mol. The lowest BCUT2D eigenvalue weighted by Crippen LogP contribution is -2.41. The first-order valence-corrected chi connectivity index (χ1v) is 5.57. The summed E-state index contributed by atoms with van der Waals surface area (Å²) in [6.07, 6.45) is 2.19. The maximum atomic E-state index is 11.3. The maximum Gasteiger partial charge on any atom is 0.333 e. The van der Waals surface area contributed by atoms with Crippen LogP contribution >= 0.6 is 0 Å². The number of carbonyl (C=O) groups is 1. The van der Waals surface area contributed by atoms with E-state index in [1.807, 2.05) is 0 Å². The quantitative estimate of drug-likeness (QED) is 0.527. The van der Waals surface area contributed by atoms with Crippen molar-refractivity contribution in [3.05, 3.63) is 12.2 Å². The Balaban J connectivity index is 2.56. The molecule has 0 aromatic rings. The minimum absolute atomic E-state index is 0.259. The standard InChI is InChI=1S/C12H21NO2/c1-9(2)13-7-5-6-11(8-13)10(3)12(14)15-4/h9,11H,3,5-8H2,1-2,4H3. The monoisotopic (exact) mass is 211 g/mol. The van der Waals surface area contributed by atoms with Crippen LogP contribution in [0.15, 0.2) is 12.2 Å². The number of likely N-dealkylation sites (tertiary alicyclic amines) is 1. The fraction of sp³-hybridized carbons (Fsp3) is 0.750. The first-order chi connectivity index (χ1) is 7.06. The molecule has 1 heterocycles. The van der Waals surface area contributed by atoms with E-state index in [0.717, 1.165) is 25.9 Å². The third kappa shape index (κ3) is 3.06. The van der Waals surface area contributed by atoms with Crippen LogP contribution in [0, 0.1) is 5.92 Å². The fourth-order valence-corrected chi connectivity index (χ4v) is 2.06. The van der Waals surface area contributed by atoms with E-state index in [-0.39, 0.29) is 11.9 Å². The van der Waals surface area contributed by atoms with Gasteiger partial charge in [0, 0.05) is 24.1 Å². The van der Waals surface area contributed by atoms with Crippen molar-refractivity contribution in [3.63, 3.8) is 0 Å². The summed E-state index contributed by atoms with van der Waals surface area (Å²) in [5, 5.41) is 0. The second-order valence-corrected chi connectivity index (χ2v) is 4.44. The van der Waals surface area contributed by atoms with Crippen LogP contribution < -0.4 is 0 Å². The van der Waals surface area contributed by atoms with Crippen LogP contribution in [0.2, 0.25) is 0 Å². The fourth-order valence-electron chi connectivity index (χ4n) is 2.06. The Morgan fingerprint density at radius 2 is 2.20 bits per heavy atom. The molecule has 1 aliphatic rings. The zero-order chi connectivity index (χ0) is 11.4. The van der Waals surface area contributed by atoms with Gasteiger partial charge in [0.15, 0.2) is 0 Å². The van der Waals surface area contributed by atoms with Crippen molar-refractivity contribution in [2.45, 2.75) is 32.7 Å². The average Bonchev–Trinajstić information content (AvgIpc) is 2.27. The van der Waals surface area contributed by atoms with Gasteiger partial charge in [0.1, 0.15) is 0 Å². The summed E-state index contributed by atoms with van der Waals surface area (Å²) in [6, 6.07) is 0.540. The van der Waals surface area contributed by atoms with Gasteiger partial charge < -0.3 is 9.64 Å². The van der Waals surface area contributed by atoms with Crippen LogP contribution in [0.25, 0.3) is 0 Å². The molecule has 15 heavy (non-hydrogen) atoms. The number of esters is 1. The predicted octanol–water partition coefficient (Wildman–Crippen LogP) is 1.84. The molecule has 1 saturated heterocycles. The van der Waals surface area contributed by atoms with Gasteiger partial charge in [0.25, 0.3) is 0 Å². The van der Waals surface area contributed by atoms with E-state index in [1.165, 1.54) is 7.11 Å². The van der Waals surface area contributed by atoms with Gasteiger partial charge in [0.2, 0.25) is 0 Å². The molecule has 0 amide bonds. The number of ether oxygens (including phenoxy) is 1. The lowest BCUT2D eigenvalue weighted by Gasteiger charge is -2.35. The van der Waals surface area contributed by atoms with Crippen LogP contribution in [-0.4, -0.2) is 37.1 Å². The Bertz CT molecular complexity index is 248. The summed E-state index contributed by atoms with van der Waals surface area (Å²) in [5.74, 6) is 0.0132. The summed E-state index contributed by atoms with van der Waals surface area (Å²) in [4.78, 5) is 13.7. The highest BCUT2D eigenvalue weighted by atomic mass is 16.5. The van der Waals surface area contributed by atoms with Gasteiger partial charge in [-0.3, -0.25) is 0 Å². The molecule has 1 fully saturated rings. The van der Waals surface area contributed by atoms with Gasteiger partial charge in [-0.2, -0.15) is 0 Å². The van der Waals surface area contributed by atoms with E-state index >= 15 is 0 Å². The van der Waals surface area contributed by atoms with Gasteiger partial charge in [-0.1, -0.05) is 6.58 Å². The minimum Gasteiger partial charge on any atom is -0.466 e. The lowest BCUT2D eigenvalue weighted by atomic mass is 9.90. The first kappa shape index (κ1) is 12.2. The van der Waals surface area contributed by atoms with E-state index in [0.29, 0.717) is 11.6 Å². The summed E-state index contributed by atoms with van der Waals surface area (Å²) in [5.41, 5.74) is 0.628. The van der Waals surface area contributed by atoms with Gasteiger partial charge in [-0.25, -0.2) is 4.79 Å². The van der Waals surface area contributed by atoms with Crippen LogP contribution in [0.3, 0.4) is 0 Å². The van der Waals surface area contributed by atoms with Crippen LogP contribution in [-0.2, 0) is 9.53 Å². The smallest absolute Gasteiger partial charge is 0.333 e. The first-order valence-electron chi connectivity index (χ1n) is 5.57. The van der Waals surface area contributed by atoms with Gasteiger partial charge in [-0.05, 0) is 33.2 Å². The van der Waals surface area contributed by atoms with E-state index in [9.17, 15) is 4.79 Å². The molecule has 1 aliphatic heterocycles. The molecule has 0 bridgehead atoms. The molecule has 1 unspecified atom stereocenters. The molecule has 1 rings (SSSR count). The SMILES string of the molecule is C=C(C(=O)OC)C1CCCN(C(C)C)C1. The van der Waals surface area contributed by atoms with Gasteiger partial charge in [0.05, 0.1) is 7.11 Å². The zero-order valence-electron chi connectivity index (χ0n) is 9.95. The largest absolute Gasteiger partial charge is 0.466 e. The summed E-state index contributed by atoms with van der Waals surface area (Å²) < 4.78 is 4.70. The number of hydrogen-bond acceptors (Lipinski definition) is 3. The summed E-state index contributed by atoms with van der Waals surface area (Å²) in [6.45, 7) is 10.3. The highest BCUT2D eigenvalue weighted by molar-refractivity contribution is 5.88. The second-order valence-electron chi connectivity index (χ2n) is 4.44. The maximum absolute atomic E-state index is 11.3. The van der Waals surface area contributed by atoms with E-state index < -0.39 is 0 Å². The topological polar surface area (TPSA) is 29.5 Å². The number of nitrogens with zero attached hydrogens (tertiary/aromatic N) is 1. The van der Waals surface area contributed by atoms with E-state index in [4.69, 9.17) is 4.74 Å². The molecule has 0 aromatic carbocycles. The van der Waals surface area contributed by atoms with Crippen molar-refractivity contribution in [1.29, 1.82) is 0 Å². The highest BCUT2D eigenvalue weighted by Crippen LogP contribution is 2.24. The molecule has 0 aliphatic carbocycles. The van der Waals surface area contributed by atoms with Crippen molar-refractivity contribution < 1.29 is 9.53 Å². The van der Waals surface area contributed by atoms with Crippen LogP contribution in [0.4, 0.5) is 0 Å². The van der Waals surface area contributed by atoms with Crippen molar-refractivity contribution >= 4 is 5.97 Å². The molecule has 1 atom stereocenters. The lowest BCUT2D eigenvalue weighted by molar-refractivity contribution is -0.137. The number of methoxy groups -OCH3 is 1. The molecular formula is C12H21NO2. The Labute approximate surface area is 92.1 Å². The Morgan fingerprint density at radius 3 is 2.73 bits per heavy atom. The average molecular weight is 211 g/mol. The Kier molecular flexibility index (Phi) is 4.33. The number of rotatable bonds is 3. The van der Waals surface area contributed by atoms with Crippen molar-refractivity contribution in [2.75, 3.05) is 20.2 Å². The Morgan fingerprint density at radius 1 is 1.53 bits per heavy atom. The van der Waals surface area contributed by atoms with Crippen LogP contribution in [0.5, 0.6) is 0 Å². The molecule has 86 valence electrons. The van der Waals surface area contributed by atoms with Gasteiger partial charge >= 0.3 is 5.97 Å². The molecule has 0 aromatic heterocycles. The van der Waals surface area contributed by atoms with Crippen LogP contribution in [0.1, 0.15) is 26.7 Å². The normalized spacial score (nSPS) is 22.8. The molecule has 0 spiro atoms. The summed E-state index contributed by atoms with van der Waals surface area (Å²) in [7, 11) is 1.41. The highest BCUT2D eigenvalue weighted by Gasteiger charge is 2.26. The molecule has 0 N–H and O–H groups in total. The second kappa shape index (κ2) is 5.31. The van der Waals surface area contributed by atoms with Crippen molar-refractivity contribution in [3.8, 4) is 0 Å². The number of hydrogen-bond donors (Lipinski definition) is 0. The summed E-state index contributed by atoms with van der Waals surface area (Å²) >= 11 is 0. The Hall–Kier alpha value is -0.830. The molecule has 0 radical (unpaired) electrons. The number of carbonyl (C=O) groups excluding carboxylic acids is 1. The van der Waals surface area contributed by atoms with E-state index in [2.05, 4.69) is 25.3 Å². The van der Waals surface area contributed by atoms with E-state index in [1.54, 1.807) is 0 Å². The molecule has 0 saturated carbocycles. The van der Waals surface area contributed by atoms with Crippen molar-refractivity contribution in [1.82, 2.24) is 4.90 Å². The predicted molar refractivity (Wildman–Crippen MR) is 60.6 cm³/mol.